The lowest BCUT2D eigenvalue weighted by Crippen LogP contribution is -2.55. The van der Waals surface area contributed by atoms with Crippen LogP contribution in [0.25, 0.3) is 0 Å². The third-order valence-electron chi connectivity index (χ3n) is 4.19. The number of likely N-dealkylation sites (tertiary alicyclic amines) is 1. The molecule has 17 heavy (non-hydrogen) atoms. The number of nitrogens with zero attached hydrogens (tertiary/aromatic N) is 1. The molecule has 2 N–H and O–H groups in total. The Hall–Kier alpha value is 0.270. The van der Waals surface area contributed by atoms with Gasteiger partial charge < -0.3 is 4.48 Å². The summed E-state index contributed by atoms with van der Waals surface area (Å²) in [5.74, 6) is 1.05. The highest BCUT2D eigenvalue weighted by Crippen LogP contribution is 2.19. The van der Waals surface area contributed by atoms with Crippen molar-refractivity contribution in [3.8, 4) is 0 Å². The predicted octanol–water partition coefficient (Wildman–Crippen LogP) is 3.17. The van der Waals surface area contributed by atoms with Gasteiger partial charge in [0.15, 0.2) is 0 Å². The molecule has 0 saturated carbocycles. The van der Waals surface area contributed by atoms with Gasteiger partial charge in [0.25, 0.3) is 0 Å². The average molecular weight is 259 g/mol. The van der Waals surface area contributed by atoms with Gasteiger partial charge in [0.2, 0.25) is 0 Å². The Labute approximate surface area is 113 Å². The average Bonchev–Trinajstić information content (AvgIpc) is 2.39. The van der Waals surface area contributed by atoms with Gasteiger partial charge in [-0.25, -0.2) is 0 Å². The van der Waals surface area contributed by atoms with Crippen LogP contribution in [0, 0.1) is 0 Å². The number of quaternary nitrogens is 1. The molecule has 0 aromatic rings. The standard InChI is InChI=1S/C14H30N2S/c15-14-16(11-7-5-8-12-16)10-6-3-1-2-4-9-13-17/h1-15H2/p+1. The van der Waals surface area contributed by atoms with Crippen LogP contribution in [0.4, 0.5) is 0 Å². The summed E-state index contributed by atoms with van der Waals surface area (Å²) in [7, 11) is 0. The molecule has 1 rings (SSSR count). The third-order valence-corrected chi connectivity index (χ3v) is 4.51. The largest absolute Gasteiger partial charge is 0.311 e. The Bertz CT molecular complexity index is 179. The van der Waals surface area contributed by atoms with Gasteiger partial charge >= 0.3 is 0 Å². The molecule has 0 amide bonds. The molecule has 1 aliphatic rings. The van der Waals surface area contributed by atoms with E-state index in [1.54, 1.807) is 0 Å². The zero-order valence-corrected chi connectivity index (χ0v) is 12.3. The smallest absolute Gasteiger partial charge is 0.130 e. The molecule has 0 aromatic heterocycles. The van der Waals surface area contributed by atoms with E-state index >= 15 is 0 Å². The highest BCUT2D eigenvalue weighted by Gasteiger charge is 2.27. The number of unbranched alkanes of at least 4 members (excludes halogenated alkanes) is 5. The molecule has 0 atom stereocenters. The van der Waals surface area contributed by atoms with Crippen LogP contribution in [0.1, 0.15) is 57.8 Å². The molecule has 0 aromatic carbocycles. The summed E-state index contributed by atoms with van der Waals surface area (Å²) in [6.07, 6.45) is 12.4. The van der Waals surface area contributed by atoms with Crippen molar-refractivity contribution in [3.63, 3.8) is 0 Å². The van der Waals surface area contributed by atoms with E-state index in [4.69, 9.17) is 5.73 Å². The van der Waals surface area contributed by atoms with Crippen molar-refractivity contribution in [3.05, 3.63) is 0 Å². The van der Waals surface area contributed by atoms with Crippen LogP contribution in [-0.2, 0) is 0 Å². The van der Waals surface area contributed by atoms with Crippen molar-refractivity contribution in [1.29, 1.82) is 0 Å². The highest BCUT2D eigenvalue weighted by atomic mass is 32.1. The van der Waals surface area contributed by atoms with Crippen LogP contribution in [-0.4, -0.2) is 36.5 Å². The summed E-state index contributed by atoms with van der Waals surface area (Å²) in [6, 6.07) is 0. The second-order valence-corrected chi connectivity index (χ2v) is 6.05. The minimum atomic E-state index is 0.861. The fraction of sp³-hybridized carbons (Fsp3) is 1.00. The van der Waals surface area contributed by atoms with Gasteiger partial charge in [-0.15, -0.1) is 0 Å². The molecule has 1 fully saturated rings. The topological polar surface area (TPSA) is 26.0 Å². The molecule has 0 radical (unpaired) electrons. The number of hydrogen-bond acceptors (Lipinski definition) is 2. The van der Waals surface area contributed by atoms with Gasteiger partial charge in [-0.3, -0.25) is 5.73 Å². The lowest BCUT2D eigenvalue weighted by molar-refractivity contribution is -0.932. The Kier molecular flexibility index (Phi) is 8.33. The summed E-state index contributed by atoms with van der Waals surface area (Å²) in [4.78, 5) is 0. The van der Waals surface area contributed by atoms with Crippen molar-refractivity contribution in [1.82, 2.24) is 0 Å². The first kappa shape index (κ1) is 15.3. The van der Waals surface area contributed by atoms with Gasteiger partial charge in [-0.2, -0.15) is 12.6 Å². The second-order valence-electron chi connectivity index (χ2n) is 5.60. The lowest BCUT2D eigenvalue weighted by Gasteiger charge is -2.40. The zero-order chi connectivity index (χ0) is 12.4. The summed E-state index contributed by atoms with van der Waals surface area (Å²) < 4.78 is 1.20. The molecule has 0 bridgehead atoms. The monoisotopic (exact) mass is 259 g/mol. The molecule has 1 saturated heterocycles. The van der Waals surface area contributed by atoms with Gasteiger partial charge in [-0.1, -0.05) is 19.3 Å². The zero-order valence-electron chi connectivity index (χ0n) is 11.4. The molecule has 102 valence electrons. The van der Waals surface area contributed by atoms with E-state index in [0.29, 0.717) is 0 Å². The molecule has 2 nitrogen and oxygen atoms in total. The molecule has 0 unspecified atom stereocenters. The van der Waals surface area contributed by atoms with Crippen LogP contribution >= 0.6 is 12.6 Å². The van der Waals surface area contributed by atoms with Crippen LogP contribution in [0.3, 0.4) is 0 Å². The van der Waals surface area contributed by atoms with Gasteiger partial charge in [-0.05, 0) is 44.3 Å². The lowest BCUT2D eigenvalue weighted by atomic mass is 10.1. The quantitative estimate of drug-likeness (QED) is 0.371. The fourth-order valence-electron chi connectivity index (χ4n) is 2.95. The molecule has 0 spiro atoms. The maximum absolute atomic E-state index is 5.98. The van der Waals surface area contributed by atoms with Crippen LogP contribution in [0.15, 0.2) is 0 Å². The van der Waals surface area contributed by atoms with Crippen LogP contribution in [0.2, 0.25) is 0 Å². The first-order valence-electron chi connectivity index (χ1n) is 7.49. The summed E-state index contributed by atoms with van der Waals surface area (Å²) in [5, 5.41) is 0. The summed E-state index contributed by atoms with van der Waals surface area (Å²) in [6.45, 7) is 4.84. The Balaban J connectivity index is 2.03. The Morgan fingerprint density at radius 2 is 1.41 bits per heavy atom. The molecular formula is C14H31N2S+. The van der Waals surface area contributed by atoms with Crippen LogP contribution in [0.5, 0.6) is 0 Å². The maximum Gasteiger partial charge on any atom is 0.130 e. The van der Waals surface area contributed by atoms with E-state index in [9.17, 15) is 0 Å². The summed E-state index contributed by atoms with van der Waals surface area (Å²) >= 11 is 4.24. The molecular weight excluding hydrogens is 228 g/mol. The molecule has 0 aliphatic carbocycles. The van der Waals surface area contributed by atoms with Crippen molar-refractivity contribution in [2.75, 3.05) is 32.1 Å². The number of piperidine rings is 1. The predicted molar refractivity (Wildman–Crippen MR) is 79.3 cm³/mol. The molecule has 1 heterocycles. The SMILES string of the molecule is NC[N+]1(CCCCCCCCS)CCCCC1. The van der Waals surface area contributed by atoms with Gasteiger partial charge in [0.1, 0.15) is 6.67 Å². The molecule has 1 aliphatic heterocycles. The number of thiol groups is 1. The Morgan fingerprint density at radius 3 is 2.00 bits per heavy atom. The fourth-order valence-corrected chi connectivity index (χ4v) is 3.17. The van der Waals surface area contributed by atoms with Crippen LogP contribution < -0.4 is 5.73 Å². The van der Waals surface area contributed by atoms with Gasteiger partial charge in [0.05, 0.1) is 19.6 Å². The van der Waals surface area contributed by atoms with Gasteiger partial charge in [0, 0.05) is 0 Å². The normalized spacial score (nSPS) is 19.4. The van der Waals surface area contributed by atoms with E-state index in [0.717, 1.165) is 12.4 Å². The third kappa shape index (κ3) is 6.12. The minimum absolute atomic E-state index is 0.861. The van der Waals surface area contributed by atoms with E-state index in [-0.39, 0.29) is 0 Å². The van der Waals surface area contributed by atoms with Crippen molar-refractivity contribution in [2.45, 2.75) is 57.8 Å². The molecule has 3 heteroatoms. The van der Waals surface area contributed by atoms with E-state index in [2.05, 4.69) is 12.6 Å². The van der Waals surface area contributed by atoms with Crippen molar-refractivity contribution in [2.24, 2.45) is 5.73 Å². The Morgan fingerprint density at radius 1 is 0.824 bits per heavy atom. The van der Waals surface area contributed by atoms with E-state index < -0.39 is 0 Å². The number of hydrogen-bond donors (Lipinski definition) is 2. The first-order valence-corrected chi connectivity index (χ1v) is 8.12. The summed E-state index contributed by atoms with van der Waals surface area (Å²) in [5.41, 5.74) is 5.98. The number of rotatable bonds is 9. The minimum Gasteiger partial charge on any atom is -0.311 e. The first-order chi connectivity index (χ1) is 8.33. The maximum atomic E-state index is 5.98. The van der Waals surface area contributed by atoms with Crippen molar-refractivity contribution >= 4 is 12.6 Å². The van der Waals surface area contributed by atoms with E-state index in [1.807, 2.05) is 0 Å². The second kappa shape index (κ2) is 9.23. The number of nitrogens with two attached hydrogens (primary N) is 1. The van der Waals surface area contributed by atoms with E-state index in [1.165, 1.54) is 81.9 Å². The van der Waals surface area contributed by atoms with Crippen molar-refractivity contribution < 1.29 is 4.48 Å². The highest BCUT2D eigenvalue weighted by molar-refractivity contribution is 7.80.